The first-order chi connectivity index (χ1) is 10.6. The molecule has 3 aliphatic rings. The minimum Gasteiger partial charge on any atom is -0.369 e. The highest BCUT2D eigenvalue weighted by molar-refractivity contribution is 5.82. The van der Waals surface area contributed by atoms with Gasteiger partial charge in [0.1, 0.15) is 0 Å². The molecule has 0 aromatic heterocycles. The molecule has 3 rings (SSSR count). The van der Waals surface area contributed by atoms with Gasteiger partial charge in [0.15, 0.2) is 0 Å². The Morgan fingerprint density at radius 2 is 1.59 bits per heavy atom. The van der Waals surface area contributed by atoms with Gasteiger partial charge in [0.05, 0.1) is 5.41 Å². The SMILES string of the molecule is CN1CCN(C(C2CCCC2)C2(C(N)=O)CCCCC2)CC1. The van der Waals surface area contributed by atoms with E-state index in [4.69, 9.17) is 5.73 Å². The molecule has 1 saturated heterocycles. The van der Waals surface area contributed by atoms with Crippen molar-refractivity contribution in [2.45, 2.75) is 63.8 Å². The van der Waals surface area contributed by atoms with E-state index in [9.17, 15) is 4.79 Å². The molecule has 2 N–H and O–H groups in total. The molecule has 1 atom stereocenters. The van der Waals surface area contributed by atoms with E-state index in [1.807, 2.05) is 0 Å². The number of piperazine rings is 1. The molecule has 1 aliphatic heterocycles. The van der Waals surface area contributed by atoms with Crippen molar-refractivity contribution in [3.8, 4) is 0 Å². The maximum atomic E-state index is 12.6. The number of hydrogen-bond acceptors (Lipinski definition) is 3. The topological polar surface area (TPSA) is 49.6 Å². The smallest absolute Gasteiger partial charge is 0.225 e. The number of likely N-dealkylation sites (N-methyl/N-ethyl adjacent to an activating group) is 1. The molecule has 2 aliphatic carbocycles. The van der Waals surface area contributed by atoms with Gasteiger partial charge in [-0.25, -0.2) is 0 Å². The minimum absolute atomic E-state index is 0.0111. The van der Waals surface area contributed by atoms with Crippen LogP contribution >= 0.6 is 0 Å². The maximum Gasteiger partial charge on any atom is 0.225 e. The summed E-state index contributed by atoms with van der Waals surface area (Å²) in [5.74, 6) is 0.678. The molecular weight excluding hydrogens is 274 g/mol. The summed E-state index contributed by atoms with van der Waals surface area (Å²) in [5.41, 5.74) is 5.78. The Hall–Kier alpha value is -0.610. The lowest BCUT2D eigenvalue weighted by atomic mass is 9.64. The molecule has 0 spiro atoms. The summed E-state index contributed by atoms with van der Waals surface area (Å²) >= 11 is 0. The largest absolute Gasteiger partial charge is 0.369 e. The van der Waals surface area contributed by atoms with Crippen LogP contribution in [0.2, 0.25) is 0 Å². The second-order valence-electron chi connectivity index (χ2n) is 7.91. The normalized spacial score (nSPS) is 29.5. The van der Waals surface area contributed by atoms with Crippen LogP contribution in [0.1, 0.15) is 57.8 Å². The molecule has 1 heterocycles. The third-order valence-corrected chi connectivity index (χ3v) is 6.58. The Morgan fingerprint density at radius 1 is 1.00 bits per heavy atom. The minimum atomic E-state index is -0.247. The van der Waals surface area contributed by atoms with Gasteiger partial charge in [-0.05, 0) is 38.6 Å². The molecule has 22 heavy (non-hydrogen) atoms. The van der Waals surface area contributed by atoms with Crippen LogP contribution in [0.5, 0.6) is 0 Å². The van der Waals surface area contributed by atoms with Crippen molar-refractivity contribution in [1.29, 1.82) is 0 Å². The predicted octanol–water partition coefficient (Wildman–Crippen LogP) is 2.23. The van der Waals surface area contributed by atoms with E-state index in [1.165, 1.54) is 44.9 Å². The quantitative estimate of drug-likeness (QED) is 0.866. The second kappa shape index (κ2) is 6.88. The monoisotopic (exact) mass is 307 g/mol. The lowest BCUT2D eigenvalue weighted by molar-refractivity contribution is -0.138. The van der Waals surface area contributed by atoms with Gasteiger partial charge in [0.2, 0.25) is 5.91 Å². The summed E-state index contributed by atoms with van der Waals surface area (Å²) in [6.45, 7) is 4.45. The zero-order valence-corrected chi connectivity index (χ0v) is 14.2. The van der Waals surface area contributed by atoms with Gasteiger partial charge in [-0.3, -0.25) is 9.69 Å². The first-order valence-electron chi connectivity index (χ1n) is 9.36. The number of rotatable bonds is 4. The van der Waals surface area contributed by atoms with Gasteiger partial charge in [0.25, 0.3) is 0 Å². The molecule has 0 aromatic rings. The Bertz CT molecular complexity index is 378. The third-order valence-electron chi connectivity index (χ3n) is 6.58. The zero-order valence-electron chi connectivity index (χ0n) is 14.2. The molecular formula is C18H33N3O. The summed E-state index contributed by atoms with van der Waals surface area (Å²) in [4.78, 5) is 17.6. The first-order valence-corrected chi connectivity index (χ1v) is 9.36. The Labute approximate surface area is 135 Å². The highest BCUT2D eigenvalue weighted by Crippen LogP contribution is 2.47. The van der Waals surface area contributed by atoms with Crippen LogP contribution in [-0.4, -0.2) is 55.0 Å². The molecule has 1 unspecified atom stereocenters. The summed E-state index contributed by atoms with van der Waals surface area (Å²) < 4.78 is 0. The fraction of sp³-hybridized carbons (Fsp3) is 0.944. The number of amides is 1. The highest BCUT2D eigenvalue weighted by atomic mass is 16.1. The summed E-state index contributed by atoms with van der Waals surface area (Å²) in [6, 6.07) is 0.404. The van der Waals surface area contributed by atoms with Crippen LogP contribution < -0.4 is 5.73 Å². The Balaban J connectivity index is 1.87. The van der Waals surface area contributed by atoms with Crippen molar-refractivity contribution in [1.82, 2.24) is 9.80 Å². The Kier molecular flexibility index (Phi) is 5.08. The van der Waals surface area contributed by atoms with Crippen LogP contribution in [0.3, 0.4) is 0 Å². The van der Waals surface area contributed by atoms with E-state index >= 15 is 0 Å². The number of carbonyl (C=O) groups excluding carboxylic acids is 1. The number of hydrogen-bond donors (Lipinski definition) is 1. The summed E-state index contributed by atoms with van der Waals surface area (Å²) in [6.07, 6.45) is 11.0. The van der Waals surface area contributed by atoms with Gasteiger partial charge < -0.3 is 10.6 Å². The van der Waals surface area contributed by atoms with Crippen molar-refractivity contribution in [2.24, 2.45) is 17.1 Å². The molecule has 0 bridgehead atoms. The fourth-order valence-electron chi connectivity index (χ4n) is 5.34. The van der Waals surface area contributed by atoms with Crippen molar-refractivity contribution in [2.75, 3.05) is 33.2 Å². The maximum absolute atomic E-state index is 12.6. The number of primary amides is 1. The fourth-order valence-corrected chi connectivity index (χ4v) is 5.34. The summed E-state index contributed by atoms with van der Waals surface area (Å²) in [5, 5.41) is 0. The second-order valence-corrected chi connectivity index (χ2v) is 7.91. The van der Waals surface area contributed by atoms with Gasteiger partial charge in [-0.15, -0.1) is 0 Å². The van der Waals surface area contributed by atoms with E-state index in [2.05, 4.69) is 16.8 Å². The van der Waals surface area contributed by atoms with Crippen LogP contribution in [-0.2, 0) is 4.79 Å². The number of nitrogens with two attached hydrogens (primary N) is 1. The van der Waals surface area contributed by atoms with Gasteiger partial charge >= 0.3 is 0 Å². The number of nitrogens with zero attached hydrogens (tertiary/aromatic N) is 2. The van der Waals surface area contributed by atoms with E-state index < -0.39 is 0 Å². The van der Waals surface area contributed by atoms with Gasteiger partial charge in [0, 0.05) is 32.2 Å². The zero-order chi connectivity index (χ0) is 15.6. The molecule has 0 radical (unpaired) electrons. The van der Waals surface area contributed by atoms with Crippen LogP contribution in [0.4, 0.5) is 0 Å². The Morgan fingerprint density at radius 3 is 2.14 bits per heavy atom. The van der Waals surface area contributed by atoms with E-state index in [0.29, 0.717) is 12.0 Å². The molecule has 1 amide bonds. The molecule has 3 fully saturated rings. The first kappa shape index (κ1) is 16.3. The van der Waals surface area contributed by atoms with Crippen molar-refractivity contribution >= 4 is 5.91 Å². The predicted molar refractivity (Wildman–Crippen MR) is 89.5 cm³/mol. The molecule has 2 saturated carbocycles. The lowest BCUT2D eigenvalue weighted by Crippen LogP contribution is -2.61. The van der Waals surface area contributed by atoms with Gasteiger partial charge in [-0.2, -0.15) is 0 Å². The standard InChI is InChI=1S/C18H33N3O/c1-20-11-13-21(14-12-20)16(15-7-3-4-8-15)18(17(19)22)9-5-2-6-10-18/h15-16H,2-14H2,1H3,(H2,19,22). The van der Waals surface area contributed by atoms with E-state index in [-0.39, 0.29) is 11.3 Å². The average molecular weight is 307 g/mol. The molecule has 4 heteroatoms. The van der Waals surface area contributed by atoms with Crippen LogP contribution in [0.15, 0.2) is 0 Å². The van der Waals surface area contributed by atoms with Crippen LogP contribution in [0, 0.1) is 11.3 Å². The van der Waals surface area contributed by atoms with E-state index in [0.717, 1.165) is 39.0 Å². The third kappa shape index (κ3) is 3.05. The average Bonchev–Trinajstić information content (AvgIpc) is 3.04. The van der Waals surface area contributed by atoms with Crippen molar-refractivity contribution in [3.05, 3.63) is 0 Å². The molecule has 0 aromatic carbocycles. The number of carbonyl (C=O) groups is 1. The molecule has 126 valence electrons. The van der Waals surface area contributed by atoms with Crippen LogP contribution in [0.25, 0.3) is 0 Å². The molecule has 4 nitrogen and oxygen atoms in total. The van der Waals surface area contributed by atoms with Crippen molar-refractivity contribution < 1.29 is 4.79 Å². The van der Waals surface area contributed by atoms with Crippen molar-refractivity contribution in [3.63, 3.8) is 0 Å². The highest BCUT2D eigenvalue weighted by Gasteiger charge is 2.50. The summed E-state index contributed by atoms with van der Waals surface area (Å²) in [7, 11) is 2.20. The van der Waals surface area contributed by atoms with E-state index in [1.54, 1.807) is 0 Å². The van der Waals surface area contributed by atoms with Gasteiger partial charge in [-0.1, -0.05) is 32.1 Å². The lowest BCUT2D eigenvalue weighted by Gasteiger charge is -2.51.